The Morgan fingerprint density at radius 3 is 2.19 bits per heavy atom. The van der Waals surface area contributed by atoms with Crippen LogP contribution < -0.4 is 9.47 Å². The summed E-state index contributed by atoms with van der Waals surface area (Å²) in [6, 6.07) is 17.9. The molecule has 0 amide bonds. The lowest BCUT2D eigenvalue weighted by Gasteiger charge is -2.11. The third-order valence-corrected chi connectivity index (χ3v) is 3.77. The number of ether oxygens (including phenoxy) is 2. The van der Waals surface area contributed by atoms with Gasteiger partial charge in [-0.05, 0) is 52.7 Å². The number of halogens is 1. The van der Waals surface area contributed by atoms with E-state index in [1.54, 1.807) is 14.2 Å². The molecule has 3 heteroatoms. The van der Waals surface area contributed by atoms with Crippen LogP contribution in [0.4, 0.5) is 0 Å². The summed E-state index contributed by atoms with van der Waals surface area (Å²) in [4.78, 5) is 0. The van der Waals surface area contributed by atoms with E-state index >= 15 is 0 Å². The molecule has 0 saturated carbocycles. The van der Waals surface area contributed by atoms with E-state index in [0.717, 1.165) is 38.4 Å². The van der Waals surface area contributed by atoms with Gasteiger partial charge in [-0.15, -0.1) is 0 Å². The van der Waals surface area contributed by atoms with Gasteiger partial charge in [0.2, 0.25) is 0 Å². The summed E-state index contributed by atoms with van der Waals surface area (Å²) >= 11 is 5.96. The van der Waals surface area contributed by atoms with Crippen molar-refractivity contribution < 1.29 is 9.47 Å². The largest absolute Gasteiger partial charge is 0.497 e. The predicted molar refractivity (Wildman–Crippen MR) is 87.5 cm³/mol. The molecule has 0 heterocycles. The van der Waals surface area contributed by atoms with Crippen molar-refractivity contribution in [3.05, 3.63) is 59.6 Å². The second kappa shape index (κ2) is 5.66. The quantitative estimate of drug-likeness (QED) is 0.663. The predicted octanol–water partition coefficient (Wildman–Crippen LogP) is 5.18. The highest BCUT2D eigenvalue weighted by Crippen LogP contribution is 2.35. The van der Waals surface area contributed by atoms with Crippen LogP contribution in [0.2, 0.25) is 5.02 Å². The normalized spacial score (nSPS) is 10.6. The summed E-state index contributed by atoms with van der Waals surface area (Å²) in [5.74, 6) is 1.67. The van der Waals surface area contributed by atoms with Crippen LogP contribution in [0.15, 0.2) is 54.6 Å². The number of fused-ring (bicyclic) bond motifs is 1. The van der Waals surface area contributed by atoms with Gasteiger partial charge in [0.05, 0.1) is 14.2 Å². The molecule has 0 aromatic heterocycles. The Kier molecular flexibility index (Phi) is 3.72. The highest BCUT2D eigenvalue weighted by Gasteiger charge is 2.08. The smallest absolute Gasteiger partial charge is 0.127 e. The SMILES string of the molecule is COc1ccc2cc(-c3ccc(Cl)cc3)c(OC)cc2c1. The van der Waals surface area contributed by atoms with Crippen molar-refractivity contribution in [2.75, 3.05) is 14.2 Å². The Labute approximate surface area is 128 Å². The maximum Gasteiger partial charge on any atom is 0.127 e. The van der Waals surface area contributed by atoms with Crippen molar-refractivity contribution in [1.82, 2.24) is 0 Å². The highest BCUT2D eigenvalue weighted by molar-refractivity contribution is 6.30. The van der Waals surface area contributed by atoms with Crippen molar-refractivity contribution in [2.45, 2.75) is 0 Å². The minimum atomic E-state index is 0.725. The molecule has 0 aliphatic rings. The second-order valence-corrected chi connectivity index (χ2v) is 5.21. The summed E-state index contributed by atoms with van der Waals surface area (Å²) in [5.41, 5.74) is 2.13. The van der Waals surface area contributed by atoms with Crippen LogP contribution in [-0.2, 0) is 0 Å². The molecule has 0 saturated heterocycles. The van der Waals surface area contributed by atoms with Gasteiger partial charge in [0, 0.05) is 10.6 Å². The van der Waals surface area contributed by atoms with Gasteiger partial charge in [-0.1, -0.05) is 29.8 Å². The summed E-state index contributed by atoms with van der Waals surface area (Å²) in [7, 11) is 3.35. The Bertz CT molecular complexity index is 779. The first-order valence-corrected chi connectivity index (χ1v) is 7.01. The van der Waals surface area contributed by atoms with E-state index in [0.29, 0.717) is 0 Å². The van der Waals surface area contributed by atoms with Crippen LogP contribution in [0.1, 0.15) is 0 Å². The van der Waals surface area contributed by atoms with Crippen LogP contribution >= 0.6 is 11.6 Å². The first-order chi connectivity index (χ1) is 10.2. The monoisotopic (exact) mass is 298 g/mol. The molecule has 0 bridgehead atoms. The molecule has 0 aliphatic carbocycles. The number of hydrogen-bond acceptors (Lipinski definition) is 2. The topological polar surface area (TPSA) is 18.5 Å². The molecule has 0 unspecified atom stereocenters. The minimum absolute atomic E-state index is 0.725. The van der Waals surface area contributed by atoms with Crippen LogP contribution in [0.3, 0.4) is 0 Å². The lowest BCUT2D eigenvalue weighted by molar-refractivity contribution is 0.414. The van der Waals surface area contributed by atoms with Crippen LogP contribution in [-0.4, -0.2) is 14.2 Å². The molecule has 0 radical (unpaired) electrons. The maximum absolute atomic E-state index is 5.96. The van der Waals surface area contributed by atoms with Crippen molar-refractivity contribution in [3.8, 4) is 22.6 Å². The molecule has 3 aromatic carbocycles. The number of benzene rings is 3. The molecule has 106 valence electrons. The Morgan fingerprint density at radius 1 is 0.762 bits per heavy atom. The molecule has 3 rings (SSSR count). The van der Waals surface area contributed by atoms with Crippen molar-refractivity contribution >= 4 is 22.4 Å². The summed E-state index contributed by atoms with van der Waals surface area (Å²) in [6.45, 7) is 0. The lowest BCUT2D eigenvalue weighted by atomic mass is 10.00. The van der Waals surface area contributed by atoms with Gasteiger partial charge in [-0.2, -0.15) is 0 Å². The number of hydrogen-bond donors (Lipinski definition) is 0. The van der Waals surface area contributed by atoms with E-state index in [9.17, 15) is 0 Å². The Balaban J connectivity index is 2.20. The van der Waals surface area contributed by atoms with Gasteiger partial charge in [-0.25, -0.2) is 0 Å². The second-order valence-electron chi connectivity index (χ2n) is 4.77. The van der Waals surface area contributed by atoms with E-state index < -0.39 is 0 Å². The van der Waals surface area contributed by atoms with Crippen molar-refractivity contribution in [1.29, 1.82) is 0 Å². The first-order valence-electron chi connectivity index (χ1n) is 6.63. The maximum atomic E-state index is 5.96. The Morgan fingerprint density at radius 2 is 1.52 bits per heavy atom. The molecular weight excluding hydrogens is 284 g/mol. The minimum Gasteiger partial charge on any atom is -0.497 e. The fourth-order valence-electron chi connectivity index (χ4n) is 2.41. The standard InChI is InChI=1S/C18H15ClO2/c1-20-16-8-5-13-10-17(12-3-6-15(19)7-4-12)18(21-2)11-14(13)9-16/h3-11H,1-2H3. The zero-order valence-corrected chi connectivity index (χ0v) is 12.6. The molecule has 0 spiro atoms. The zero-order chi connectivity index (χ0) is 14.8. The molecule has 21 heavy (non-hydrogen) atoms. The lowest BCUT2D eigenvalue weighted by Crippen LogP contribution is -1.89. The van der Waals surface area contributed by atoms with E-state index in [4.69, 9.17) is 21.1 Å². The van der Waals surface area contributed by atoms with Crippen molar-refractivity contribution in [2.24, 2.45) is 0 Å². The van der Waals surface area contributed by atoms with E-state index in [1.807, 2.05) is 48.5 Å². The van der Waals surface area contributed by atoms with E-state index in [2.05, 4.69) is 6.07 Å². The first kappa shape index (κ1) is 13.8. The number of rotatable bonds is 3. The third kappa shape index (κ3) is 2.67. The summed E-state index contributed by atoms with van der Waals surface area (Å²) < 4.78 is 10.8. The van der Waals surface area contributed by atoms with Gasteiger partial charge < -0.3 is 9.47 Å². The average Bonchev–Trinajstić information content (AvgIpc) is 2.53. The molecule has 0 fully saturated rings. The molecule has 0 aliphatic heterocycles. The molecular formula is C18H15ClO2. The molecule has 0 N–H and O–H groups in total. The van der Waals surface area contributed by atoms with Gasteiger partial charge in [0.25, 0.3) is 0 Å². The fourth-order valence-corrected chi connectivity index (χ4v) is 2.53. The van der Waals surface area contributed by atoms with Gasteiger partial charge in [0.1, 0.15) is 11.5 Å². The molecule has 2 nitrogen and oxygen atoms in total. The van der Waals surface area contributed by atoms with E-state index in [-0.39, 0.29) is 0 Å². The van der Waals surface area contributed by atoms with E-state index in [1.165, 1.54) is 0 Å². The summed E-state index contributed by atoms with van der Waals surface area (Å²) in [6.07, 6.45) is 0. The third-order valence-electron chi connectivity index (χ3n) is 3.52. The molecule has 0 atom stereocenters. The van der Waals surface area contributed by atoms with Gasteiger partial charge in [0.15, 0.2) is 0 Å². The average molecular weight is 299 g/mol. The fraction of sp³-hybridized carbons (Fsp3) is 0.111. The van der Waals surface area contributed by atoms with Crippen LogP contribution in [0.25, 0.3) is 21.9 Å². The van der Waals surface area contributed by atoms with Gasteiger partial charge in [-0.3, -0.25) is 0 Å². The van der Waals surface area contributed by atoms with Crippen molar-refractivity contribution in [3.63, 3.8) is 0 Å². The van der Waals surface area contributed by atoms with Gasteiger partial charge >= 0.3 is 0 Å². The zero-order valence-electron chi connectivity index (χ0n) is 11.9. The summed E-state index contributed by atoms with van der Waals surface area (Å²) in [5, 5.41) is 2.95. The van der Waals surface area contributed by atoms with Crippen LogP contribution in [0.5, 0.6) is 11.5 Å². The Hall–Kier alpha value is -2.19. The number of methoxy groups -OCH3 is 2. The molecule has 3 aromatic rings. The van der Waals surface area contributed by atoms with Crippen LogP contribution in [0, 0.1) is 0 Å². The highest BCUT2D eigenvalue weighted by atomic mass is 35.5.